The predicted molar refractivity (Wildman–Crippen MR) is 87.1 cm³/mol. The second kappa shape index (κ2) is 8.58. The zero-order valence-electron chi connectivity index (χ0n) is 13.4. The SMILES string of the molecule is CC(N)C1CCN(C(=O)COc2ccc(C(F)(F)F)cc2)CC1.Cl. The molecule has 4 nitrogen and oxygen atoms in total. The third-order valence-corrected chi connectivity index (χ3v) is 4.18. The second-order valence-corrected chi connectivity index (χ2v) is 5.89. The lowest BCUT2D eigenvalue weighted by Crippen LogP contribution is -2.44. The van der Waals surface area contributed by atoms with Crippen LogP contribution in [0.15, 0.2) is 24.3 Å². The number of likely N-dealkylation sites (tertiary alicyclic amines) is 1. The van der Waals surface area contributed by atoms with Gasteiger partial charge in [0.25, 0.3) is 5.91 Å². The zero-order valence-corrected chi connectivity index (χ0v) is 14.2. The van der Waals surface area contributed by atoms with E-state index in [9.17, 15) is 18.0 Å². The molecule has 1 aromatic carbocycles. The summed E-state index contributed by atoms with van der Waals surface area (Å²) in [5.74, 6) is 0.514. The summed E-state index contributed by atoms with van der Waals surface area (Å²) in [6.45, 7) is 3.08. The maximum atomic E-state index is 12.5. The minimum atomic E-state index is -4.38. The van der Waals surface area contributed by atoms with Crippen molar-refractivity contribution >= 4 is 18.3 Å². The van der Waals surface area contributed by atoms with Gasteiger partial charge in [0, 0.05) is 19.1 Å². The Morgan fingerprint density at radius 1 is 1.29 bits per heavy atom. The average molecular weight is 367 g/mol. The van der Waals surface area contributed by atoms with Crippen molar-refractivity contribution in [2.75, 3.05) is 19.7 Å². The van der Waals surface area contributed by atoms with Crippen molar-refractivity contribution in [3.8, 4) is 5.75 Å². The van der Waals surface area contributed by atoms with Crippen molar-refractivity contribution in [1.29, 1.82) is 0 Å². The van der Waals surface area contributed by atoms with Crippen LogP contribution in [0.1, 0.15) is 25.3 Å². The molecule has 0 aromatic heterocycles. The molecule has 24 heavy (non-hydrogen) atoms. The molecule has 1 aromatic rings. The molecular weight excluding hydrogens is 345 g/mol. The molecule has 1 heterocycles. The Morgan fingerprint density at radius 3 is 2.29 bits per heavy atom. The number of hydrogen-bond donors (Lipinski definition) is 1. The Hall–Kier alpha value is -1.47. The first-order valence-electron chi connectivity index (χ1n) is 7.61. The van der Waals surface area contributed by atoms with E-state index in [2.05, 4.69) is 0 Å². The van der Waals surface area contributed by atoms with E-state index in [1.807, 2.05) is 6.92 Å². The van der Waals surface area contributed by atoms with Crippen LogP contribution in [0.5, 0.6) is 5.75 Å². The number of rotatable bonds is 4. The van der Waals surface area contributed by atoms with Gasteiger partial charge in [0.05, 0.1) is 5.56 Å². The van der Waals surface area contributed by atoms with Gasteiger partial charge in [-0.3, -0.25) is 4.79 Å². The molecule has 136 valence electrons. The van der Waals surface area contributed by atoms with Crippen molar-refractivity contribution < 1.29 is 22.7 Å². The molecule has 1 aliphatic heterocycles. The molecule has 8 heteroatoms. The van der Waals surface area contributed by atoms with Crippen molar-refractivity contribution in [1.82, 2.24) is 4.90 Å². The van der Waals surface area contributed by atoms with Gasteiger partial charge in [0.15, 0.2) is 6.61 Å². The van der Waals surface area contributed by atoms with Crippen LogP contribution >= 0.6 is 12.4 Å². The molecule has 1 saturated heterocycles. The molecule has 0 bridgehead atoms. The number of carbonyl (C=O) groups excluding carboxylic acids is 1. The molecule has 2 N–H and O–H groups in total. The van der Waals surface area contributed by atoms with Crippen LogP contribution < -0.4 is 10.5 Å². The second-order valence-electron chi connectivity index (χ2n) is 5.89. The van der Waals surface area contributed by atoms with E-state index in [1.165, 1.54) is 12.1 Å². The minimum absolute atomic E-state index is 0. The minimum Gasteiger partial charge on any atom is -0.484 e. The normalized spacial score (nSPS) is 17.1. The first-order valence-corrected chi connectivity index (χ1v) is 7.61. The van der Waals surface area contributed by atoms with E-state index >= 15 is 0 Å². The van der Waals surface area contributed by atoms with E-state index < -0.39 is 11.7 Å². The molecule has 0 aliphatic carbocycles. The molecule has 0 spiro atoms. The molecule has 1 fully saturated rings. The molecule has 1 unspecified atom stereocenters. The highest BCUT2D eigenvalue weighted by atomic mass is 35.5. The fourth-order valence-electron chi connectivity index (χ4n) is 2.65. The van der Waals surface area contributed by atoms with Crippen LogP contribution in [0, 0.1) is 5.92 Å². The summed E-state index contributed by atoms with van der Waals surface area (Å²) in [5, 5.41) is 0. The smallest absolute Gasteiger partial charge is 0.416 e. The van der Waals surface area contributed by atoms with Crippen molar-refractivity contribution in [2.24, 2.45) is 11.7 Å². The van der Waals surface area contributed by atoms with Crippen molar-refractivity contribution in [3.05, 3.63) is 29.8 Å². The number of amides is 1. The molecular formula is C16H22ClF3N2O2. The van der Waals surface area contributed by atoms with Gasteiger partial charge in [-0.1, -0.05) is 0 Å². The number of nitrogens with zero attached hydrogens (tertiary/aromatic N) is 1. The number of carbonyl (C=O) groups is 1. The predicted octanol–water partition coefficient (Wildman–Crippen LogP) is 3.09. The first-order chi connectivity index (χ1) is 10.8. The number of hydrogen-bond acceptors (Lipinski definition) is 3. The Bertz CT molecular complexity index is 527. The Labute approximate surface area is 145 Å². The standard InChI is InChI=1S/C16H21F3N2O2.ClH/c1-11(20)12-6-8-21(9-7-12)15(22)10-23-14-4-2-13(3-5-14)16(17,18)19;/h2-5,11-12H,6-10,20H2,1H3;1H. The van der Waals surface area contributed by atoms with Crippen LogP contribution in [0.2, 0.25) is 0 Å². The molecule has 0 radical (unpaired) electrons. The number of piperidine rings is 1. The summed E-state index contributed by atoms with van der Waals surface area (Å²) in [4.78, 5) is 13.8. The average Bonchev–Trinajstić information content (AvgIpc) is 2.52. The molecule has 2 rings (SSSR count). The number of benzene rings is 1. The largest absolute Gasteiger partial charge is 0.484 e. The Balaban J connectivity index is 0.00000288. The van der Waals surface area contributed by atoms with E-state index in [4.69, 9.17) is 10.5 Å². The van der Waals surface area contributed by atoms with Crippen LogP contribution in [-0.2, 0) is 11.0 Å². The van der Waals surface area contributed by atoms with Gasteiger partial charge in [-0.2, -0.15) is 13.2 Å². The number of halogens is 4. The summed E-state index contributed by atoms with van der Waals surface area (Å²) in [5.41, 5.74) is 5.12. The first kappa shape index (κ1) is 20.6. The molecule has 1 amide bonds. The summed E-state index contributed by atoms with van der Waals surface area (Å²) in [7, 11) is 0. The summed E-state index contributed by atoms with van der Waals surface area (Å²) >= 11 is 0. The van der Waals surface area contributed by atoms with E-state index in [-0.39, 0.29) is 36.7 Å². The summed E-state index contributed by atoms with van der Waals surface area (Å²) in [6.07, 6.45) is -2.65. The zero-order chi connectivity index (χ0) is 17.0. The number of ether oxygens (including phenoxy) is 1. The van der Waals surface area contributed by atoms with Gasteiger partial charge >= 0.3 is 6.18 Å². The van der Waals surface area contributed by atoms with E-state index in [0.717, 1.165) is 25.0 Å². The van der Waals surface area contributed by atoms with Crippen molar-refractivity contribution in [3.63, 3.8) is 0 Å². The van der Waals surface area contributed by atoms with Gasteiger partial charge in [-0.05, 0) is 49.9 Å². The highest BCUT2D eigenvalue weighted by molar-refractivity contribution is 5.85. The lowest BCUT2D eigenvalue weighted by Gasteiger charge is -2.33. The number of nitrogens with two attached hydrogens (primary N) is 1. The van der Waals surface area contributed by atoms with E-state index in [0.29, 0.717) is 19.0 Å². The highest BCUT2D eigenvalue weighted by Crippen LogP contribution is 2.30. The van der Waals surface area contributed by atoms with Crippen LogP contribution in [-0.4, -0.2) is 36.5 Å². The van der Waals surface area contributed by atoms with E-state index in [1.54, 1.807) is 4.90 Å². The van der Waals surface area contributed by atoms with Gasteiger partial charge < -0.3 is 15.4 Å². The van der Waals surface area contributed by atoms with Gasteiger partial charge in [0.1, 0.15) is 5.75 Å². The summed E-state index contributed by atoms with van der Waals surface area (Å²) < 4.78 is 42.6. The van der Waals surface area contributed by atoms with Crippen molar-refractivity contribution in [2.45, 2.75) is 32.0 Å². The third-order valence-electron chi connectivity index (χ3n) is 4.18. The quantitative estimate of drug-likeness (QED) is 0.890. The third kappa shape index (κ3) is 5.56. The molecule has 1 atom stereocenters. The Morgan fingerprint density at radius 2 is 1.83 bits per heavy atom. The maximum absolute atomic E-state index is 12.5. The Kier molecular flexibility index (Phi) is 7.35. The lowest BCUT2D eigenvalue weighted by atomic mass is 9.91. The summed E-state index contributed by atoms with van der Waals surface area (Å²) in [6, 6.07) is 4.44. The van der Waals surface area contributed by atoms with Crippen LogP contribution in [0.25, 0.3) is 0 Å². The number of alkyl halides is 3. The lowest BCUT2D eigenvalue weighted by molar-refractivity contribution is -0.138. The van der Waals surface area contributed by atoms with Crippen LogP contribution in [0.4, 0.5) is 13.2 Å². The monoisotopic (exact) mass is 366 g/mol. The fourth-order valence-corrected chi connectivity index (χ4v) is 2.65. The fraction of sp³-hybridized carbons (Fsp3) is 0.562. The van der Waals surface area contributed by atoms with Gasteiger partial charge in [-0.25, -0.2) is 0 Å². The molecule has 1 aliphatic rings. The highest BCUT2D eigenvalue weighted by Gasteiger charge is 2.30. The van der Waals surface area contributed by atoms with Crippen LogP contribution in [0.3, 0.4) is 0 Å². The van der Waals surface area contributed by atoms with Gasteiger partial charge in [0.2, 0.25) is 0 Å². The molecule has 0 saturated carbocycles. The maximum Gasteiger partial charge on any atom is 0.416 e. The van der Waals surface area contributed by atoms with Gasteiger partial charge in [-0.15, -0.1) is 12.4 Å². The topological polar surface area (TPSA) is 55.6 Å².